The quantitative estimate of drug-likeness (QED) is 0.815. The van der Waals surface area contributed by atoms with Gasteiger partial charge in [0.1, 0.15) is 0 Å². The van der Waals surface area contributed by atoms with E-state index in [1.807, 2.05) is 12.4 Å². The number of nitrogens with one attached hydrogen (secondary N) is 1. The molecule has 0 spiro atoms. The van der Waals surface area contributed by atoms with Gasteiger partial charge in [-0.3, -0.25) is 4.98 Å². The molecule has 1 aromatic heterocycles. The van der Waals surface area contributed by atoms with Gasteiger partial charge in [0.2, 0.25) is 0 Å². The van der Waals surface area contributed by atoms with Gasteiger partial charge < -0.3 is 14.8 Å². The second-order valence-corrected chi connectivity index (χ2v) is 6.35. The number of rotatable bonds is 7. The zero-order chi connectivity index (χ0) is 15.1. The molecule has 1 atom stereocenters. The fraction of sp³-hybridized carbons (Fsp3) is 0.688. The van der Waals surface area contributed by atoms with Crippen molar-refractivity contribution in [1.29, 1.82) is 0 Å². The first-order chi connectivity index (χ1) is 10.2. The highest BCUT2D eigenvalue weighted by Crippen LogP contribution is 2.31. The highest BCUT2D eigenvalue weighted by Gasteiger charge is 2.40. The molecule has 1 aliphatic heterocycles. The standard InChI is InChI=1S/C16H25BrN2O2/c1-3-19-15(10-13-9-14(17)12-18-11-13)16(21-4-2)5-7-20-8-6-16/h9,11-12,15,19H,3-8,10H2,1-2H3. The molecule has 2 rings (SSSR count). The minimum absolute atomic E-state index is 0.134. The van der Waals surface area contributed by atoms with Gasteiger partial charge >= 0.3 is 0 Å². The smallest absolute Gasteiger partial charge is 0.0881 e. The molecule has 0 aliphatic carbocycles. The molecule has 2 heterocycles. The number of ether oxygens (including phenoxy) is 2. The van der Waals surface area contributed by atoms with Crippen LogP contribution in [0.3, 0.4) is 0 Å². The number of nitrogens with zero attached hydrogens (tertiary/aromatic N) is 1. The van der Waals surface area contributed by atoms with Gasteiger partial charge in [-0.05, 0) is 47.4 Å². The molecule has 0 radical (unpaired) electrons. The van der Waals surface area contributed by atoms with Gasteiger partial charge in [-0.25, -0.2) is 0 Å². The highest BCUT2D eigenvalue weighted by molar-refractivity contribution is 9.10. The Bertz CT molecular complexity index is 431. The minimum atomic E-state index is -0.134. The molecule has 5 heteroatoms. The third-order valence-electron chi connectivity index (χ3n) is 4.06. The van der Waals surface area contributed by atoms with E-state index in [9.17, 15) is 0 Å². The van der Waals surface area contributed by atoms with Gasteiger partial charge in [0.05, 0.1) is 5.60 Å². The Balaban J connectivity index is 2.18. The zero-order valence-electron chi connectivity index (χ0n) is 12.9. The summed E-state index contributed by atoms with van der Waals surface area (Å²) in [5.74, 6) is 0. The van der Waals surface area contributed by atoms with E-state index >= 15 is 0 Å². The van der Waals surface area contributed by atoms with Crippen molar-refractivity contribution >= 4 is 15.9 Å². The number of hydrogen-bond acceptors (Lipinski definition) is 4. The first kappa shape index (κ1) is 16.9. The Morgan fingerprint density at radius 2 is 2.14 bits per heavy atom. The summed E-state index contributed by atoms with van der Waals surface area (Å²) in [4.78, 5) is 4.27. The predicted octanol–water partition coefficient (Wildman–Crippen LogP) is 2.95. The van der Waals surface area contributed by atoms with Gasteiger partial charge in [-0.1, -0.05) is 6.92 Å². The molecular formula is C16H25BrN2O2. The number of aromatic nitrogens is 1. The SMILES string of the molecule is CCNC(Cc1cncc(Br)c1)C1(OCC)CCOCC1. The Morgan fingerprint density at radius 3 is 2.76 bits per heavy atom. The average Bonchev–Trinajstić information content (AvgIpc) is 2.48. The van der Waals surface area contributed by atoms with Crippen molar-refractivity contribution in [1.82, 2.24) is 10.3 Å². The maximum atomic E-state index is 6.21. The molecule has 0 amide bonds. The number of halogens is 1. The summed E-state index contributed by atoms with van der Waals surface area (Å²) < 4.78 is 12.8. The third kappa shape index (κ3) is 4.49. The maximum absolute atomic E-state index is 6.21. The summed E-state index contributed by atoms with van der Waals surface area (Å²) in [6.45, 7) is 7.43. The molecule has 21 heavy (non-hydrogen) atoms. The molecule has 0 aromatic carbocycles. The zero-order valence-corrected chi connectivity index (χ0v) is 14.5. The van der Waals surface area contributed by atoms with Crippen molar-refractivity contribution in [2.45, 2.75) is 44.8 Å². The van der Waals surface area contributed by atoms with Crippen molar-refractivity contribution in [2.75, 3.05) is 26.4 Å². The first-order valence-corrected chi connectivity index (χ1v) is 8.54. The molecule has 1 aliphatic rings. The molecule has 1 N–H and O–H groups in total. The van der Waals surface area contributed by atoms with Gasteiger partial charge in [0.25, 0.3) is 0 Å². The van der Waals surface area contributed by atoms with Crippen molar-refractivity contribution in [3.8, 4) is 0 Å². The van der Waals surface area contributed by atoms with Crippen molar-refractivity contribution < 1.29 is 9.47 Å². The van der Waals surface area contributed by atoms with Crippen LogP contribution in [0, 0.1) is 0 Å². The maximum Gasteiger partial charge on any atom is 0.0881 e. The van der Waals surface area contributed by atoms with E-state index in [4.69, 9.17) is 9.47 Å². The summed E-state index contributed by atoms with van der Waals surface area (Å²) in [5.41, 5.74) is 1.09. The second-order valence-electron chi connectivity index (χ2n) is 5.44. The normalized spacial score (nSPS) is 19.4. The van der Waals surface area contributed by atoms with Gasteiger partial charge in [0, 0.05) is 55.6 Å². The van der Waals surface area contributed by atoms with Crippen LogP contribution in [-0.4, -0.2) is 43.0 Å². The van der Waals surface area contributed by atoms with E-state index in [2.05, 4.69) is 46.1 Å². The van der Waals surface area contributed by atoms with E-state index in [1.54, 1.807) is 0 Å². The second kappa shape index (κ2) is 8.22. The van der Waals surface area contributed by atoms with E-state index in [0.29, 0.717) is 0 Å². The summed E-state index contributed by atoms with van der Waals surface area (Å²) in [5, 5.41) is 3.62. The number of likely N-dealkylation sites (N-methyl/N-ethyl adjacent to an activating group) is 1. The molecule has 1 aromatic rings. The van der Waals surface area contributed by atoms with Crippen molar-refractivity contribution in [3.05, 3.63) is 28.5 Å². The van der Waals surface area contributed by atoms with Gasteiger partial charge in [-0.15, -0.1) is 0 Å². The van der Waals surface area contributed by atoms with E-state index < -0.39 is 0 Å². The molecule has 0 bridgehead atoms. The number of hydrogen-bond donors (Lipinski definition) is 1. The Hall–Kier alpha value is -0.490. The largest absolute Gasteiger partial charge is 0.381 e. The summed E-state index contributed by atoms with van der Waals surface area (Å²) in [6, 6.07) is 2.42. The van der Waals surface area contributed by atoms with E-state index in [0.717, 1.165) is 50.1 Å². The van der Waals surface area contributed by atoms with Crippen molar-refractivity contribution in [2.24, 2.45) is 0 Å². The average molecular weight is 357 g/mol. The lowest BCUT2D eigenvalue weighted by atomic mass is 9.82. The van der Waals surface area contributed by atoms with Crippen LogP contribution in [0.2, 0.25) is 0 Å². The molecular weight excluding hydrogens is 332 g/mol. The molecule has 1 saturated heterocycles. The third-order valence-corrected chi connectivity index (χ3v) is 4.49. The van der Waals surface area contributed by atoms with E-state index in [-0.39, 0.29) is 11.6 Å². The van der Waals surface area contributed by atoms with Crippen LogP contribution in [0.25, 0.3) is 0 Å². The minimum Gasteiger partial charge on any atom is -0.381 e. The summed E-state index contributed by atoms with van der Waals surface area (Å²) in [6.07, 6.45) is 6.56. The number of pyridine rings is 1. The lowest BCUT2D eigenvalue weighted by Crippen LogP contribution is -2.56. The van der Waals surface area contributed by atoms with Crippen LogP contribution in [-0.2, 0) is 15.9 Å². The summed E-state index contributed by atoms with van der Waals surface area (Å²) >= 11 is 3.50. The predicted molar refractivity (Wildman–Crippen MR) is 87.5 cm³/mol. The molecule has 1 unspecified atom stereocenters. The topological polar surface area (TPSA) is 43.4 Å². The highest BCUT2D eigenvalue weighted by atomic mass is 79.9. The summed E-state index contributed by atoms with van der Waals surface area (Å²) in [7, 11) is 0. The van der Waals surface area contributed by atoms with Crippen LogP contribution in [0.4, 0.5) is 0 Å². The lowest BCUT2D eigenvalue weighted by Gasteiger charge is -2.43. The van der Waals surface area contributed by atoms with Crippen LogP contribution < -0.4 is 5.32 Å². The van der Waals surface area contributed by atoms with Gasteiger partial charge in [-0.2, -0.15) is 0 Å². The molecule has 4 nitrogen and oxygen atoms in total. The van der Waals surface area contributed by atoms with Crippen molar-refractivity contribution in [3.63, 3.8) is 0 Å². The van der Waals surface area contributed by atoms with E-state index in [1.165, 1.54) is 5.56 Å². The monoisotopic (exact) mass is 356 g/mol. The molecule has 0 saturated carbocycles. The van der Waals surface area contributed by atoms with Crippen LogP contribution in [0.5, 0.6) is 0 Å². The Morgan fingerprint density at radius 1 is 1.38 bits per heavy atom. The van der Waals surface area contributed by atoms with Crippen LogP contribution in [0.1, 0.15) is 32.3 Å². The van der Waals surface area contributed by atoms with Crippen LogP contribution >= 0.6 is 15.9 Å². The molecule has 118 valence electrons. The van der Waals surface area contributed by atoms with Crippen LogP contribution in [0.15, 0.2) is 22.9 Å². The fourth-order valence-electron chi connectivity index (χ4n) is 3.09. The fourth-order valence-corrected chi connectivity index (χ4v) is 3.50. The molecule has 1 fully saturated rings. The first-order valence-electron chi connectivity index (χ1n) is 7.74. The Kier molecular flexibility index (Phi) is 6.61. The Labute approximate surface area is 135 Å². The van der Waals surface area contributed by atoms with Gasteiger partial charge in [0.15, 0.2) is 0 Å². The lowest BCUT2D eigenvalue weighted by molar-refractivity contribution is -0.126.